The molecule has 13 heavy (non-hydrogen) atoms. The van der Waals surface area contributed by atoms with Crippen LogP contribution in [-0.2, 0) is 0 Å². The first-order valence-electron chi connectivity index (χ1n) is 4.57. The van der Waals surface area contributed by atoms with Crippen LogP contribution in [0.5, 0.6) is 0 Å². The first-order valence-corrected chi connectivity index (χ1v) is 4.95. The minimum absolute atomic E-state index is 0.571. The van der Waals surface area contributed by atoms with Crippen LogP contribution in [0, 0.1) is 0 Å². The molecule has 1 aromatic rings. The Morgan fingerprint density at radius 3 is 2.69 bits per heavy atom. The lowest BCUT2D eigenvalue weighted by Gasteiger charge is -2.12. The minimum Gasteiger partial charge on any atom is -0.381 e. The Balaban J connectivity index is 1.97. The van der Waals surface area contributed by atoms with E-state index in [1.165, 1.54) is 6.42 Å². The fraction of sp³-hybridized carbons (Fsp3) is 0.400. The van der Waals surface area contributed by atoms with Gasteiger partial charge >= 0.3 is 0 Å². The van der Waals surface area contributed by atoms with Crippen LogP contribution in [0.1, 0.15) is 6.42 Å². The average molecular weight is 197 g/mol. The summed E-state index contributed by atoms with van der Waals surface area (Å²) in [5.41, 5.74) is 1.15. The van der Waals surface area contributed by atoms with Crippen LogP contribution < -0.4 is 10.6 Å². The zero-order valence-electron chi connectivity index (χ0n) is 7.39. The molecule has 2 rings (SSSR count). The highest BCUT2D eigenvalue weighted by Gasteiger charge is 2.13. The Kier molecular flexibility index (Phi) is 2.71. The second kappa shape index (κ2) is 3.99. The van der Waals surface area contributed by atoms with Crippen molar-refractivity contribution in [1.82, 2.24) is 5.32 Å². The molecule has 1 aliphatic heterocycles. The number of rotatable bonds is 2. The SMILES string of the molecule is Clc1ccc(NC2CCNC2)cc1. The molecule has 0 saturated carbocycles. The van der Waals surface area contributed by atoms with E-state index in [1.807, 2.05) is 24.3 Å². The van der Waals surface area contributed by atoms with E-state index in [1.54, 1.807) is 0 Å². The van der Waals surface area contributed by atoms with Gasteiger partial charge in [0.25, 0.3) is 0 Å². The van der Waals surface area contributed by atoms with Crippen molar-refractivity contribution < 1.29 is 0 Å². The van der Waals surface area contributed by atoms with Gasteiger partial charge in [-0.05, 0) is 37.2 Å². The summed E-state index contributed by atoms with van der Waals surface area (Å²) in [5.74, 6) is 0. The molecule has 1 heterocycles. The van der Waals surface area contributed by atoms with Crippen LogP contribution in [-0.4, -0.2) is 19.1 Å². The lowest BCUT2D eigenvalue weighted by molar-refractivity contribution is 0.793. The van der Waals surface area contributed by atoms with Crippen LogP contribution >= 0.6 is 11.6 Å². The molecule has 0 bridgehead atoms. The van der Waals surface area contributed by atoms with E-state index in [-0.39, 0.29) is 0 Å². The summed E-state index contributed by atoms with van der Waals surface area (Å²) in [5, 5.41) is 7.55. The second-order valence-electron chi connectivity index (χ2n) is 3.34. The molecule has 2 N–H and O–H groups in total. The quantitative estimate of drug-likeness (QED) is 0.757. The van der Waals surface area contributed by atoms with Gasteiger partial charge in [-0.1, -0.05) is 11.6 Å². The van der Waals surface area contributed by atoms with Crippen molar-refractivity contribution in [2.75, 3.05) is 18.4 Å². The monoisotopic (exact) mass is 196 g/mol. The van der Waals surface area contributed by atoms with Gasteiger partial charge in [0.05, 0.1) is 0 Å². The van der Waals surface area contributed by atoms with Crippen molar-refractivity contribution >= 4 is 17.3 Å². The summed E-state index contributed by atoms with van der Waals surface area (Å²) in [6.45, 7) is 2.17. The number of anilines is 1. The number of nitrogens with one attached hydrogen (secondary N) is 2. The standard InChI is InChI=1S/C10H13ClN2/c11-8-1-3-9(4-2-8)13-10-5-6-12-7-10/h1-4,10,12-13H,5-7H2. The average Bonchev–Trinajstić information content (AvgIpc) is 2.62. The summed E-state index contributed by atoms with van der Waals surface area (Å²) < 4.78 is 0. The molecule has 0 aromatic heterocycles. The normalized spacial score (nSPS) is 21.8. The van der Waals surface area contributed by atoms with Crippen LogP contribution in [0.25, 0.3) is 0 Å². The fourth-order valence-corrected chi connectivity index (χ4v) is 1.69. The van der Waals surface area contributed by atoms with Gasteiger partial charge in [-0.15, -0.1) is 0 Å². The van der Waals surface area contributed by atoms with Crippen molar-refractivity contribution in [1.29, 1.82) is 0 Å². The molecule has 3 heteroatoms. The van der Waals surface area contributed by atoms with E-state index in [9.17, 15) is 0 Å². The molecule has 70 valence electrons. The van der Waals surface area contributed by atoms with E-state index in [4.69, 9.17) is 11.6 Å². The summed E-state index contributed by atoms with van der Waals surface area (Å²) in [7, 11) is 0. The molecule has 0 spiro atoms. The van der Waals surface area contributed by atoms with Crippen molar-refractivity contribution in [2.45, 2.75) is 12.5 Å². The molecular formula is C10H13ClN2. The van der Waals surface area contributed by atoms with Gasteiger partial charge in [-0.2, -0.15) is 0 Å². The first kappa shape index (κ1) is 8.85. The van der Waals surface area contributed by atoms with Crippen LogP contribution in [0.2, 0.25) is 5.02 Å². The highest BCUT2D eigenvalue weighted by molar-refractivity contribution is 6.30. The van der Waals surface area contributed by atoms with Gasteiger partial charge in [0.1, 0.15) is 0 Å². The number of halogens is 1. The number of hydrogen-bond acceptors (Lipinski definition) is 2. The maximum atomic E-state index is 5.79. The minimum atomic E-state index is 0.571. The fourth-order valence-electron chi connectivity index (χ4n) is 1.56. The molecule has 1 aromatic carbocycles. The van der Waals surface area contributed by atoms with Crippen molar-refractivity contribution in [2.24, 2.45) is 0 Å². The van der Waals surface area contributed by atoms with Crippen molar-refractivity contribution in [3.05, 3.63) is 29.3 Å². The molecule has 0 radical (unpaired) electrons. The molecule has 1 aliphatic rings. The molecular weight excluding hydrogens is 184 g/mol. The second-order valence-corrected chi connectivity index (χ2v) is 3.78. The molecule has 1 fully saturated rings. The predicted molar refractivity (Wildman–Crippen MR) is 56.3 cm³/mol. The topological polar surface area (TPSA) is 24.1 Å². The van der Waals surface area contributed by atoms with Gasteiger partial charge in [-0.25, -0.2) is 0 Å². The first-order chi connectivity index (χ1) is 6.34. The summed E-state index contributed by atoms with van der Waals surface area (Å²) in [6, 6.07) is 8.42. The lowest BCUT2D eigenvalue weighted by Crippen LogP contribution is -2.21. The van der Waals surface area contributed by atoms with E-state index in [0.717, 1.165) is 23.8 Å². The van der Waals surface area contributed by atoms with E-state index in [0.29, 0.717) is 6.04 Å². The largest absolute Gasteiger partial charge is 0.381 e. The lowest BCUT2D eigenvalue weighted by atomic mass is 10.2. The van der Waals surface area contributed by atoms with Crippen molar-refractivity contribution in [3.63, 3.8) is 0 Å². The Labute approximate surface area is 83.3 Å². The highest BCUT2D eigenvalue weighted by Crippen LogP contribution is 2.15. The Morgan fingerprint density at radius 2 is 2.08 bits per heavy atom. The predicted octanol–water partition coefficient (Wildman–Crippen LogP) is 2.11. The van der Waals surface area contributed by atoms with Gasteiger partial charge < -0.3 is 10.6 Å². The van der Waals surface area contributed by atoms with E-state index >= 15 is 0 Å². The van der Waals surface area contributed by atoms with Gasteiger partial charge in [-0.3, -0.25) is 0 Å². The molecule has 0 amide bonds. The van der Waals surface area contributed by atoms with E-state index < -0.39 is 0 Å². The van der Waals surface area contributed by atoms with Crippen LogP contribution in [0.15, 0.2) is 24.3 Å². The molecule has 1 saturated heterocycles. The Hall–Kier alpha value is -0.730. The Bertz CT molecular complexity index is 265. The smallest absolute Gasteiger partial charge is 0.0407 e. The Morgan fingerprint density at radius 1 is 1.31 bits per heavy atom. The molecule has 1 unspecified atom stereocenters. The number of hydrogen-bond donors (Lipinski definition) is 2. The van der Waals surface area contributed by atoms with Crippen molar-refractivity contribution in [3.8, 4) is 0 Å². The molecule has 2 nitrogen and oxygen atoms in total. The summed E-state index contributed by atoms with van der Waals surface area (Å²) in [4.78, 5) is 0. The third-order valence-electron chi connectivity index (χ3n) is 2.28. The van der Waals surface area contributed by atoms with Crippen LogP contribution in [0.3, 0.4) is 0 Å². The zero-order valence-corrected chi connectivity index (χ0v) is 8.14. The molecule has 0 aliphatic carbocycles. The number of benzene rings is 1. The van der Waals surface area contributed by atoms with Gasteiger partial charge in [0.2, 0.25) is 0 Å². The third kappa shape index (κ3) is 2.36. The molecule has 1 atom stereocenters. The maximum Gasteiger partial charge on any atom is 0.0407 e. The van der Waals surface area contributed by atoms with Gasteiger partial charge in [0.15, 0.2) is 0 Å². The third-order valence-corrected chi connectivity index (χ3v) is 2.53. The summed E-state index contributed by atoms with van der Waals surface area (Å²) in [6.07, 6.45) is 1.20. The maximum absolute atomic E-state index is 5.79. The van der Waals surface area contributed by atoms with E-state index in [2.05, 4.69) is 10.6 Å². The highest BCUT2D eigenvalue weighted by atomic mass is 35.5. The zero-order chi connectivity index (χ0) is 9.10. The summed E-state index contributed by atoms with van der Waals surface area (Å²) >= 11 is 5.79. The van der Waals surface area contributed by atoms with Gasteiger partial charge in [0, 0.05) is 23.3 Å². The van der Waals surface area contributed by atoms with Crippen LogP contribution in [0.4, 0.5) is 5.69 Å².